The van der Waals surface area contributed by atoms with Crippen molar-refractivity contribution in [2.24, 2.45) is 14.1 Å². The van der Waals surface area contributed by atoms with Crippen LogP contribution in [0, 0.1) is 6.92 Å². The second-order valence-corrected chi connectivity index (χ2v) is 4.95. The molecule has 0 fully saturated rings. The summed E-state index contributed by atoms with van der Waals surface area (Å²) in [4.78, 5) is 28.4. The highest BCUT2D eigenvalue weighted by Gasteiger charge is 2.15. The zero-order chi connectivity index (χ0) is 15.0. The van der Waals surface area contributed by atoms with Gasteiger partial charge in [0.1, 0.15) is 5.39 Å². The Balaban J connectivity index is 2.83. The summed E-state index contributed by atoms with van der Waals surface area (Å²) in [5, 5.41) is 12.8. The Hall–Kier alpha value is -2.15. The van der Waals surface area contributed by atoms with Crippen molar-refractivity contribution in [2.75, 3.05) is 11.9 Å². The number of nitrogens with zero attached hydrogens (tertiary/aromatic N) is 3. The lowest BCUT2D eigenvalue weighted by molar-refractivity contribution is 0.208. The van der Waals surface area contributed by atoms with Gasteiger partial charge in [-0.25, -0.2) is 9.78 Å². The van der Waals surface area contributed by atoms with E-state index in [1.54, 1.807) is 20.2 Å². The average Bonchev–Trinajstić information content (AvgIpc) is 2.40. The predicted molar refractivity (Wildman–Crippen MR) is 77.1 cm³/mol. The second kappa shape index (κ2) is 5.09. The third kappa shape index (κ3) is 2.20. The van der Waals surface area contributed by atoms with Crippen LogP contribution in [0.15, 0.2) is 15.8 Å². The lowest BCUT2D eigenvalue weighted by atomic mass is 10.2. The van der Waals surface area contributed by atoms with Crippen LogP contribution < -0.4 is 16.6 Å². The first-order valence-electron chi connectivity index (χ1n) is 6.31. The summed E-state index contributed by atoms with van der Waals surface area (Å²) in [5.41, 5.74) is 0.908. The summed E-state index contributed by atoms with van der Waals surface area (Å²) < 4.78 is 2.39. The normalized spacial score (nSPS) is 12.7. The number of rotatable bonds is 3. The molecule has 2 N–H and O–H groups in total. The van der Waals surface area contributed by atoms with Crippen molar-refractivity contribution in [3.63, 3.8) is 0 Å². The SMILES string of the molecule is Cc1cnc2c(c1NCC(C)O)c(=O)n(C)c(=O)n2C. The smallest absolute Gasteiger partial charge is 0.332 e. The monoisotopic (exact) mass is 278 g/mol. The summed E-state index contributed by atoms with van der Waals surface area (Å²) in [6, 6.07) is 0. The minimum Gasteiger partial charge on any atom is -0.392 e. The number of aliphatic hydroxyl groups is 1. The number of anilines is 1. The molecule has 0 amide bonds. The van der Waals surface area contributed by atoms with Gasteiger partial charge in [-0.05, 0) is 19.4 Å². The first-order chi connectivity index (χ1) is 9.34. The molecule has 0 aromatic carbocycles. The van der Waals surface area contributed by atoms with Crippen molar-refractivity contribution in [1.82, 2.24) is 14.1 Å². The molecule has 1 atom stereocenters. The topological polar surface area (TPSA) is 89.2 Å². The van der Waals surface area contributed by atoms with E-state index in [2.05, 4.69) is 10.3 Å². The Morgan fingerprint density at radius 3 is 2.60 bits per heavy atom. The summed E-state index contributed by atoms with van der Waals surface area (Å²) in [5.74, 6) is 0. The molecule has 2 rings (SSSR count). The third-order valence-corrected chi connectivity index (χ3v) is 3.23. The maximum Gasteiger partial charge on any atom is 0.332 e. The maximum atomic E-state index is 12.3. The summed E-state index contributed by atoms with van der Waals surface area (Å²) in [7, 11) is 3.01. The van der Waals surface area contributed by atoms with Gasteiger partial charge in [0.25, 0.3) is 5.56 Å². The van der Waals surface area contributed by atoms with E-state index in [1.807, 2.05) is 6.92 Å². The molecule has 0 saturated heterocycles. The van der Waals surface area contributed by atoms with Crippen molar-refractivity contribution >= 4 is 16.7 Å². The fourth-order valence-electron chi connectivity index (χ4n) is 2.10. The Kier molecular flexibility index (Phi) is 3.63. The number of nitrogens with one attached hydrogen (secondary N) is 1. The number of fused-ring (bicyclic) bond motifs is 1. The molecular weight excluding hydrogens is 260 g/mol. The zero-order valence-electron chi connectivity index (χ0n) is 12.0. The van der Waals surface area contributed by atoms with Gasteiger partial charge in [0.15, 0.2) is 5.65 Å². The van der Waals surface area contributed by atoms with Gasteiger partial charge in [-0.2, -0.15) is 0 Å². The summed E-state index contributed by atoms with van der Waals surface area (Å²) >= 11 is 0. The Morgan fingerprint density at radius 1 is 1.35 bits per heavy atom. The number of aryl methyl sites for hydroxylation is 2. The van der Waals surface area contributed by atoms with Gasteiger partial charge in [0, 0.05) is 26.8 Å². The van der Waals surface area contributed by atoms with Crippen molar-refractivity contribution in [3.8, 4) is 0 Å². The van der Waals surface area contributed by atoms with Crippen LogP contribution in [-0.4, -0.2) is 31.9 Å². The molecule has 0 aliphatic heterocycles. The molecule has 0 saturated carbocycles. The Bertz CT molecular complexity index is 774. The highest BCUT2D eigenvalue weighted by Crippen LogP contribution is 2.21. The zero-order valence-corrected chi connectivity index (χ0v) is 12.0. The second-order valence-electron chi connectivity index (χ2n) is 4.95. The molecular formula is C13H18N4O3. The molecule has 0 aliphatic rings. The molecule has 108 valence electrons. The molecule has 2 aromatic rings. The van der Waals surface area contributed by atoms with Crippen LogP contribution in [0.2, 0.25) is 0 Å². The molecule has 1 unspecified atom stereocenters. The highest BCUT2D eigenvalue weighted by molar-refractivity contribution is 5.89. The lowest BCUT2D eigenvalue weighted by Gasteiger charge is -2.15. The van der Waals surface area contributed by atoms with Gasteiger partial charge < -0.3 is 10.4 Å². The quantitative estimate of drug-likeness (QED) is 0.807. The summed E-state index contributed by atoms with van der Waals surface area (Å²) in [6.45, 7) is 3.78. The van der Waals surface area contributed by atoms with Gasteiger partial charge in [-0.1, -0.05) is 0 Å². The Morgan fingerprint density at radius 2 is 2.00 bits per heavy atom. The van der Waals surface area contributed by atoms with E-state index in [0.717, 1.165) is 10.1 Å². The molecule has 20 heavy (non-hydrogen) atoms. The number of hydrogen-bond acceptors (Lipinski definition) is 5. The number of hydrogen-bond donors (Lipinski definition) is 2. The first-order valence-corrected chi connectivity index (χ1v) is 6.31. The molecule has 2 heterocycles. The highest BCUT2D eigenvalue weighted by atomic mass is 16.3. The van der Waals surface area contributed by atoms with Gasteiger partial charge in [0.05, 0.1) is 11.8 Å². The van der Waals surface area contributed by atoms with Crippen LogP contribution in [0.5, 0.6) is 0 Å². The molecule has 0 radical (unpaired) electrons. The average molecular weight is 278 g/mol. The molecule has 7 nitrogen and oxygen atoms in total. The standard InChI is InChI=1S/C13H18N4O3/c1-7-5-15-11-9(10(7)14-6-8(2)18)12(19)17(4)13(20)16(11)3/h5,8,18H,6H2,1-4H3,(H,14,15). The van der Waals surface area contributed by atoms with Crippen LogP contribution in [-0.2, 0) is 14.1 Å². The van der Waals surface area contributed by atoms with E-state index in [9.17, 15) is 14.7 Å². The van der Waals surface area contributed by atoms with Crippen LogP contribution >= 0.6 is 0 Å². The predicted octanol–water partition coefficient (Wildman–Crippen LogP) is -0.267. The van der Waals surface area contributed by atoms with Crippen molar-refractivity contribution in [1.29, 1.82) is 0 Å². The Labute approximate surface area is 115 Å². The van der Waals surface area contributed by atoms with Gasteiger partial charge in [0.2, 0.25) is 0 Å². The van der Waals surface area contributed by atoms with E-state index in [1.165, 1.54) is 11.6 Å². The van der Waals surface area contributed by atoms with E-state index in [-0.39, 0.29) is 0 Å². The van der Waals surface area contributed by atoms with Gasteiger partial charge >= 0.3 is 5.69 Å². The van der Waals surface area contributed by atoms with Crippen molar-refractivity contribution in [3.05, 3.63) is 32.6 Å². The van der Waals surface area contributed by atoms with Gasteiger partial charge in [-0.3, -0.25) is 13.9 Å². The van der Waals surface area contributed by atoms with Crippen LogP contribution in [0.25, 0.3) is 11.0 Å². The lowest BCUT2D eigenvalue weighted by Crippen LogP contribution is -2.37. The fourth-order valence-corrected chi connectivity index (χ4v) is 2.10. The van der Waals surface area contributed by atoms with E-state index >= 15 is 0 Å². The van der Waals surface area contributed by atoms with Crippen molar-refractivity contribution < 1.29 is 5.11 Å². The first kappa shape index (κ1) is 14.3. The number of aliphatic hydroxyl groups excluding tert-OH is 1. The van der Waals surface area contributed by atoms with Crippen molar-refractivity contribution in [2.45, 2.75) is 20.0 Å². The van der Waals surface area contributed by atoms with E-state index in [0.29, 0.717) is 23.3 Å². The molecule has 0 spiro atoms. The largest absolute Gasteiger partial charge is 0.392 e. The molecule has 7 heteroatoms. The fraction of sp³-hybridized carbons (Fsp3) is 0.462. The van der Waals surface area contributed by atoms with E-state index < -0.39 is 17.4 Å². The maximum absolute atomic E-state index is 12.3. The number of pyridine rings is 1. The molecule has 2 aromatic heterocycles. The van der Waals surface area contributed by atoms with E-state index in [4.69, 9.17) is 0 Å². The molecule has 0 aliphatic carbocycles. The third-order valence-electron chi connectivity index (χ3n) is 3.23. The minimum atomic E-state index is -0.547. The summed E-state index contributed by atoms with van der Waals surface area (Å²) in [6.07, 6.45) is 1.06. The van der Waals surface area contributed by atoms with Crippen LogP contribution in [0.4, 0.5) is 5.69 Å². The number of aromatic nitrogens is 3. The van der Waals surface area contributed by atoms with Crippen LogP contribution in [0.1, 0.15) is 12.5 Å². The van der Waals surface area contributed by atoms with Crippen LogP contribution in [0.3, 0.4) is 0 Å². The minimum absolute atomic E-state index is 0.311. The molecule has 0 bridgehead atoms. The van der Waals surface area contributed by atoms with Gasteiger partial charge in [-0.15, -0.1) is 0 Å².